The maximum Gasteiger partial charge on any atom is 0.159 e. The molecule has 0 radical (unpaired) electrons. The maximum atomic E-state index is 12.2. The van der Waals surface area contributed by atoms with Gasteiger partial charge >= 0.3 is 0 Å². The van der Waals surface area contributed by atoms with E-state index in [0.29, 0.717) is 19.3 Å². The third-order valence-electron chi connectivity index (χ3n) is 4.49. The van der Waals surface area contributed by atoms with E-state index in [4.69, 9.17) is 9.47 Å². The molecular formula is C23H32O4. The van der Waals surface area contributed by atoms with Crippen molar-refractivity contribution in [1.29, 1.82) is 0 Å². The lowest BCUT2D eigenvalue weighted by molar-refractivity contribution is -0.117. The van der Waals surface area contributed by atoms with Crippen molar-refractivity contribution in [3.05, 3.63) is 46.6 Å². The lowest BCUT2D eigenvalue weighted by atomic mass is 10.0. The maximum absolute atomic E-state index is 12.2. The number of methoxy groups -OCH3 is 2. The zero-order valence-corrected chi connectivity index (χ0v) is 17.5. The molecule has 0 spiro atoms. The predicted molar refractivity (Wildman–Crippen MR) is 110 cm³/mol. The number of ketones is 2. The van der Waals surface area contributed by atoms with Crippen molar-refractivity contribution in [3.63, 3.8) is 0 Å². The van der Waals surface area contributed by atoms with Crippen LogP contribution in [-0.2, 0) is 16.0 Å². The summed E-state index contributed by atoms with van der Waals surface area (Å²) in [6.45, 7) is 7.49. The summed E-state index contributed by atoms with van der Waals surface area (Å²) < 4.78 is 10.9. The van der Waals surface area contributed by atoms with Crippen molar-refractivity contribution in [1.82, 2.24) is 0 Å². The molecule has 0 amide bonds. The minimum absolute atomic E-state index is 0.0990. The van der Waals surface area contributed by atoms with Gasteiger partial charge in [0.15, 0.2) is 5.78 Å². The Morgan fingerprint density at radius 3 is 2.30 bits per heavy atom. The molecule has 0 atom stereocenters. The molecule has 4 nitrogen and oxygen atoms in total. The van der Waals surface area contributed by atoms with Crippen molar-refractivity contribution in [2.45, 2.75) is 59.8 Å². The van der Waals surface area contributed by atoms with Crippen LogP contribution in [0, 0.1) is 6.92 Å². The van der Waals surface area contributed by atoms with Crippen LogP contribution in [0.1, 0.15) is 57.6 Å². The third-order valence-corrected chi connectivity index (χ3v) is 4.49. The normalized spacial score (nSPS) is 12.1. The van der Waals surface area contributed by atoms with Crippen LogP contribution in [0.3, 0.4) is 0 Å². The summed E-state index contributed by atoms with van der Waals surface area (Å²) in [5.74, 6) is 1.92. The highest BCUT2D eigenvalue weighted by Crippen LogP contribution is 2.31. The molecule has 0 aliphatic heterocycles. The van der Waals surface area contributed by atoms with E-state index >= 15 is 0 Å². The topological polar surface area (TPSA) is 52.6 Å². The number of carbonyl (C=O) groups is 2. The number of benzene rings is 1. The molecule has 27 heavy (non-hydrogen) atoms. The standard InChI is InChI=1S/C23H32O4/c1-16(8-7-9-18(3)24)14-21(25)15-17(2)10-11-20-12-13-22(26-5)19(4)23(20)27-6/h10,12-14H,7-9,11,15H2,1-6H3/b16-14-,17-10-. The Hall–Kier alpha value is -2.36. The summed E-state index contributed by atoms with van der Waals surface area (Å²) in [5.41, 5.74) is 4.10. The minimum atomic E-state index is 0.0990. The van der Waals surface area contributed by atoms with Crippen LogP contribution < -0.4 is 9.47 Å². The molecule has 0 bridgehead atoms. The summed E-state index contributed by atoms with van der Waals surface area (Å²) in [5, 5.41) is 0. The van der Waals surface area contributed by atoms with E-state index in [-0.39, 0.29) is 11.6 Å². The Kier molecular flexibility index (Phi) is 9.55. The van der Waals surface area contributed by atoms with Crippen molar-refractivity contribution >= 4 is 11.6 Å². The van der Waals surface area contributed by atoms with Crippen molar-refractivity contribution in [2.75, 3.05) is 14.2 Å². The first-order chi connectivity index (χ1) is 12.8. The molecule has 0 N–H and O–H groups in total. The SMILES string of the molecule is COc1ccc(C/C=C(/C)CC(=O)/C=C(/C)CCCC(C)=O)c(OC)c1C. The fourth-order valence-corrected chi connectivity index (χ4v) is 3.04. The van der Waals surface area contributed by atoms with Crippen LogP contribution in [0.15, 0.2) is 35.4 Å². The zero-order valence-electron chi connectivity index (χ0n) is 17.5. The number of allylic oxidation sites excluding steroid dienone is 4. The summed E-state index contributed by atoms with van der Waals surface area (Å²) in [6.07, 6.45) is 7.04. The fraction of sp³-hybridized carbons (Fsp3) is 0.478. The first-order valence-corrected chi connectivity index (χ1v) is 9.34. The molecule has 0 aliphatic carbocycles. The van der Waals surface area contributed by atoms with Gasteiger partial charge in [0.1, 0.15) is 17.3 Å². The summed E-state index contributed by atoms with van der Waals surface area (Å²) in [7, 11) is 3.30. The highest BCUT2D eigenvalue weighted by Gasteiger charge is 2.10. The van der Waals surface area contributed by atoms with Gasteiger partial charge in [-0.3, -0.25) is 4.79 Å². The molecule has 0 fully saturated rings. The van der Waals surface area contributed by atoms with Gasteiger partial charge < -0.3 is 14.3 Å². The number of ether oxygens (including phenoxy) is 2. The van der Waals surface area contributed by atoms with Gasteiger partial charge in [0.25, 0.3) is 0 Å². The summed E-state index contributed by atoms with van der Waals surface area (Å²) in [4.78, 5) is 23.2. The molecule has 1 aromatic carbocycles. The minimum Gasteiger partial charge on any atom is -0.496 e. The van der Waals surface area contributed by atoms with E-state index in [9.17, 15) is 9.59 Å². The summed E-state index contributed by atoms with van der Waals surface area (Å²) in [6, 6.07) is 3.93. The van der Waals surface area contributed by atoms with E-state index in [2.05, 4.69) is 6.08 Å². The van der Waals surface area contributed by atoms with E-state index in [1.165, 1.54) is 0 Å². The van der Waals surface area contributed by atoms with Crippen LogP contribution in [0.5, 0.6) is 11.5 Å². The molecule has 4 heteroatoms. The van der Waals surface area contributed by atoms with E-state index < -0.39 is 0 Å². The van der Waals surface area contributed by atoms with Crippen LogP contribution in [0.2, 0.25) is 0 Å². The lowest BCUT2D eigenvalue weighted by Crippen LogP contribution is -1.99. The Labute approximate surface area is 163 Å². The zero-order chi connectivity index (χ0) is 20.4. The molecule has 0 unspecified atom stereocenters. The van der Waals surface area contributed by atoms with Gasteiger partial charge in [-0.05, 0) is 64.7 Å². The van der Waals surface area contributed by atoms with E-state index in [1.807, 2.05) is 32.9 Å². The van der Waals surface area contributed by atoms with Crippen LogP contribution in [0.4, 0.5) is 0 Å². The Morgan fingerprint density at radius 1 is 1.00 bits per heavy atom. The summed E-state index contributed by atoms with van der Waals surface area (Å²) >= 11 is 0. The monoisotopic (exact) mass is 372 g/mol. The van der Waals surface area contributed by atoms with Gasteiger partial charge in [-0.15, -0.1) is 0 Å². The number of rotatable bonds is 11. The number of hydrogen-bond donors (Lipinski definition) is 0. The first kappa shape index (κ1) is 22.7. The highest BCUT2D eigenvalue weighted by molar-refractivity contribution is 5.91. The second-order valence-electron chi connectivity index (χ2n) is 7.03. The molecule has 0 heterocycles. The van der Waals surface area contributed by atoms with Crippen LogP contribution in [0.25, 0.3) is 0 Å². The Morgan fingerprint density at radius 2 is 1.70 bits per heavy atom. The van der Waals surface area contributed by atoms with Gasteiger partial charge in [-0.2, -0.15) is 0 Å². The average molecular weight is 373 g/mol. The van der Waals surface area contributed by atoms with Gasteiger partial charge in [0, 0.05) is 18.4 Å². The van der Waals surface area contributed by atoms with E-state index in [0.717, 1.165) is 46.6 Å². The molecular weight excluding hydrogens is 340 g/mol. The van der Waals surface area contributed by atoms with Crippen LogP contribution in [-0.4, -0.2) is 25.8 Å². The second-order valence-corrected chi connectivity index (χ2v) is 7.03. The van der Waals surface area contributed by atoms with Crippen molar-refractivity contribution in [2.24, 2.45) is 0 Å². The Balaban J connectivity index is 2.68. The van der Waals surface area contributed by atoms with Gasteiger partial charge in [0.2, 0.25) is 0 Å². The number of Topliss-reactive ketones (excluding diaryl/α,β-unsaturated/α-hetero) is 1. The average Bonchev–Trinajstić information content (AvgIpc) is 2.59. The first-order valence-electron chi connectivity index (χ1n) is 9.34. The molecule has 0 aromatic heterocycles. The molecule has 148 valence electrons. The second kappa shape index (κ2) is 11.4. The third kappa shape index (κ3) is 7.81. The number of carbonyl (C=O) groups excluding carboxylic acids is 2. The van der Waals surface area contributed by atoms with Crippen molar-refractivity contribution in [3.8, 4) is 11.5 Å². The predicted octanol–water partition coefficient (Wildman–Crippen LogP) is 5.17. The van der Waals surface area contributed by atoms with Gasteiger partial charge in [0.05, 0.1) is 14.2 Å². The van der Waals surface area contributed by atoms with Crippen LogP contribution >= 0.6 is 0 Å². The molecule has 0 saturated carbocycles. The fourth-order valence-electron chi connectivity index (χ4n) is 3.04. The van der Waals surface area contributed by atoms with E-state index in [1.54, 1.807) is 27.2 Å². The largest absolute Gasteiger partial charge is 0.496 e. The molecule has 1 rings (SSSR count). The quantitative estimate of drug-likeness (QED) is 0.397. The Bertz CT molecular complexity index is 726. The van der Waals surface area contributed by atoms with Crippen molar-refractivity contribution < 1.29 is 19.1 Å². The number of hydrogen-bond acceptors (Lipinski definition) is 4. The smallest absolute Gasteiger partial charge is 0.159 e. The molecule has 0 aliphatic rings. The van der Waals surface area contributed by atoms with Gasteiger partial charge in [-0.1, -0.05) is 23.3 Å². The molecule has 0 saturated heterocycles. The lowest BCUT2D eigenvalue weighted by Gasteiger charge is -2.13. The highest BCUT2D eigenvalue weighted by atomic mass is 16.5. The van der Waals surface area contributed by atoms with Gasteiger partial charge in [-0.25, -0.2) is 0 Å². The molecule has 1 aromatic rings.